The van der Waals surface area contributed by atoms with Crippen molar-refractivity contribution in [2.24, 2.45) is 0 Å². The lowest BCUT2D eigenvalue weighted by Crippen LogP contribution is -2.14. The van der Waals surface area contributed by atoms with E-state index in [0.29, 0.717) is 0 Å². The van der Waals surface area contributed by atoms with E-state index < -0.39 is 0 Å². The SMILES string of the molecule is C1=CC(c2ccc(C3C=Cc4ccccc4N3)cc2)Nc2ccccc21. The Morgan fingerprint density at radius 2 is 0.923 bits per heavy atom. The van der Waals surface area contributed by atoms with Crippen LogP contribution in [0.1, 0.15) is 34.3 Å². The molecule has 2 atom stereocenters. The third-order valence-electron chi connectivity index (χ3n) is 5.13. The fourth-order valence-corrected chi connectivity index (χ4v) is 3.68. The van der Waals surface area contributed by atoms with Gasteiger partial charge in [0, 0.05) is 11.4 Å². The number of benzene rings is 3. The quantitative estimate of drug-likeness (QED) is 0.595. The van der Waals surface area contributed by atoms with E-state index in [0.717, 1.165) is 0 Å². The maximum absolute atomic E-state index is 3.61. The normalized spacial score (nSPS) is 19.8. The topological polar surface area (TPSA) is 24.1 Å². The van der Waals surface area contributed by atoms with Crippen LogP contribution in [0.5, 0.6) is 0 Å². The first-order valence-corrected chi connectivity index (χ1v) is 9.04. The molecule has 3 aromatic rings. The predicted molar refractivity (Wildman–Crippen MR) is 110 cm³/mol. The number of para-hydroxylation sites is 2. The molecule has 0 bridgehead atoms. The molecule has 0 saturated carbocycles. The molecule has 26 heavy (non-hydrogen) atoms. The molecule has 2 aliphatic heterocycles. The molecule has 0 aliphatic carbocycles. The zero-order chi connectivity index (χ0) is 17.3. The average molecular weight is 336 g/mol. The summed E-state index contributed by atoms with van der Waals surface area (Å²) in [4.78, 5) is 0. The summed E-state index contributed by atoms with van der Waals surface area (Å²) in [5, 5.41) is 7.22. The minimum Gasteiger partial charge on any atom is -0.374 e. The molecular weight excluding hydrogens is 316 g/mol. The molecule has 2 heteroatoms. The van der Waals surface area contributed by atoms with Crippen LogP contribution in [0, 0.1) is 0 Å². The Morgan fingerprint density at radius 3 is 1.38 bits per heavy atom. The lowest BCUT2D eigenvalue weighted by atomic mass is 9.96. The van der Waals surface area contributed by atoms with Crippen LogP contribution in [0.25, 0.3) is 12.2 Å². The fourth-order valence-electron chi connectivity index (χ4n) is 3.68. The van der Waals surface area contributed by atoms with Crippen molar-refractivity contribution in [2.45, 2.75) is 12.1 Å². The van der Waals surface area contributed by atoms with Gasteiger partial charge in [-0.05, 0) is 34.4 Å². The molecule has 0 aromatic heterocycles. The summed E-state index contributed by atoms with van der Waals surface area (Å²) >= 11 is 0. The minimum absolute atomic E-state index is 0.217. The van der Waals surface area contributed by atoms with Gasteiger partial charge in [-0.15, -0.1) is 0 Å². The first kappa shape index (κ1) is 15.0. The molecule has 2 N–H and O–H groups in total. The van der Waals surface area contributed by atoms with E-state index in [9.17, 15) is 0 Å². The fraction of sp³-hybridized carbons (Fsp3) is 0.0833. The molecule has 0 amide bonds. The standard InChI is InChI=1S/C24H20N2/c1-3-7-21-17(5-1)13-15-23(25-21)19-9-11-20(12-10-19)24-16-14-18-6-2-4-8-22(18)26-24/h1-16,23-26H. The molecule has 0 fully saturated rings. The van der Waals surface area contributed by atoms with Crippen LogP contribution in [0.15, 0.2) is 84.9 Å². The summed E-state index contributed by atoms with van der Waals surface area (Å²) in [5.74, 6) is 0. The van der Waals surface area contributed by atoms with Gasteiger partial charge in [-0.2, -0.15) is 0 Å². The van der Waals surface area contributed by atoms with Crippen molar-refractivity contribution in [3.8, 4) is 0 Å². The lowest BCUT2D eigenvalue weighted by molar-refractivity contribution is 0.952. The monoisotopic (exact) mass is 336 g/mol. The van der Waals surface area contributed by atoms with Crippen molar-refractivity contribution in [3.05, 3.63) is 107 Å². The second kappa shape index (κ2) is 6.23. The van der Waals surface area contributed by atoms with E-state index in [1.165, 1.54) is 33.6 Å². The first-order chi connectivity index (χ1) is 12.9. The largest absolute Gasteiger partial charge is 0.374 e. The molecular formula is C24H20N2. The summed E-state index contributed by atoms with van der Waals surface area (Å²) in [5.41, 5.74) is 7.43. The summed E-state index contributed by atoms with van der Waals surface area (Å²) in [7, 11) is 0. The van der Waals surface area contributed by atoms with E-state index in [1.807, 2.05) is 0 Å². The van der Waals surface area contributed by atoms with Gasteiger partial charge in [-0.1, -0.05) is 85.0 Å². The van der Waals surface area contributed by atoms with Crippen molar-refractivity contribution >= 4 is 23.5 Å². The lowest BCUT2D eigenvalue weighted by Gasteiger charge is -2.25. The van der Waals surface area contributed by atoms with E-state index >= 15 is 0 Å². The Morgan fingerprint density at radius 1 is 0.500 bits per heavy atom. The third-order valence-corrected chi connectivity index (χ3v) is 5.13. The Labute approximate surface area is 153 Å². The first-order valence-electron chi connectivity index (χ1n) is 9.04. The summed E-state index contributed by atoms with van der Waals surface area (Å²) in [6.45, 7) is 0. The van der Waals surface area contributed by atoms with Crippen LogP contribution < -0.4 is 10.6 Å². The van der Waals surface area contributed by atoms with Crippen LogP contribution in [0.2, 0.25) is 0 Å². The van der Waals surface area contributed by atoms with Crippen molar-refractivity contribution < 1.29 is 0 Å². The van der Waals surface area contributed by atoms with Gasteiger partial charge < -0.3 is 10.6 Å². The second-order valence-electron chi connectivity index (χ2n) is 6.80. The number of anilines is 2. The highest BCUT2D eigenvalue weighted by molar-refractivity contribution is 5.72. The Hall–Kier alpha value is -3.26. The Bertz CT molecular complexity index is 916. The smallest absolute Gasteiger partial charge is 0.0701 e. The predicted octanol–water partition coefficient (Wildman–Crippen LogP) is 6.05. The number of hydrogen-bond acceptors (Lipinski definition) is 2. The maximum Gasteiger partial charge on any atom is 0.0701 e. The van der Waals surface area contributed by atoms with E-state index in [-0.39, 0.29) is 12.1 Å². The van der Waals surface area contributed by atoms with Crippen molar-refractivity contribution in [1.82, 2.24) is 0 Å². The average Bonchev–Trinajstić information content (AvgIpc) is 2.73. The second-order valence-corrected chi connectivity index (χ2v) is 6.80. The van der Waals surface area contributed by atoms with Gasteiger partial charge in [0.1, 0.15) is 0 Å². The van der Waals surface area contributed by atoms with Crippen LogP contribution in [-0.4, -0.2) is 0 Å². The zero-order valence-corrected chi connectivity index (χ0v) is 14.4. The van der Waals surface area contributed by atoms with E-state index in [4.69, 9.17) is 0 Å². The van der Waals surface area contributed by atoms with Gasteiger partial charge in [0.05, 0.1) is 12.1 Å². The molecule has 3 aromatic carbocycles. The highest BCUT2D eigenvalue weighted by atomic mass is 14.9. The van der Waals surface area contributed by atoms with E-state index in [2.05, 4.69) is 108 Å². The van der Waals surface area contributed by atoms with Crippen LogP contribution >= 0.6 is 0 Å². The van der Waals surface area contributed by atoms with Crippen LogP contribution in [0.3, 0.4) is 0 Å². The van der Waals surface area contributed by atoms with Gasteiger partial charge in [0.15, 0.2) is 0 Å². The Balaban J connectivity index is 1.36. The minimum atomic E-state index is 0.217. The third kappa shape index (κ3) is 2.70. The van der Waals surface area contributed by atoms with Gasteiger partial charge in [-0.25, -0.2) is 0 Å². The molecule has 5 rings (SSSR count). The van der Waals surface area contributed by atoms with Gasteiger partial charge in [0.2, 0.25) is 0 Å². The molecule has 0 radical (unpaired) electrons. The van der Waals surface area contributed by atoms with Crippen LogP contribution in [-0.2, 0) is 0 Å². The molecule has 0 saturated heterocycles. The van der Waals surface area contributed by atoms with Crippen molar-refractivity contribution in [3.63, 3.8) is 0 Å². The zero-order valence-electron chi connectivity index (χ0n) is 14.4. The molecule has 2 aliphatic rings. The van der Waals surface area contributed by atoms with Gasteiger partial charge in [0.25, 0.3) is 0 Å². The maximum atomic E-state index is 3.61. The Kier molecular flexibility index (Phi) is 3.60. The van der Waals surface area contributed by atoms with Crippen molar-refractivity contribution in [1.29, 1.82) is 0 Å². The van der Waals surface area contributed by atoms with Gasteiger partial charge >= 0.3 is 0 Å². The molecule has 0 spiro atoms. The number of rotatable bonds is 2. The number of fused-ring (bicyclic) bond motifs is 2. The molecule has 2 nitrogen and oxygen atoms in total. The molecule has 126 valence electrons. The highest BCUT2D eigenvalue weighted by Gasteiger charge is 2.16. The molecule has 2 unspecified atom stereocenters. The summed E-state index contributed by atoms with van der Waals surface area (Å²) in [6, 6.07) is 26.2. The summed E-state index contributed by atoms with van der Waals surface area (Å²) < 4.78 is 0. The highest BCUT2D eigenvalue weighted by Crippen LogP contribution is 2.33. The number of hydrogen-bond donors (Lipinski definition) is 2. The number of nitrogens with one attached hydrogen (secondary N) is 2. The van der Waals surface area contributed by atoms with Crippen LogP contribution in [0.4, 0.5) is 11.4 Å². The van der Waals surface area contributed by atoms with Gasteiger partial charge in [-0.3, -0.25) is 0 Å². The van der Waals surface area contributed by atoms with Crippen molar-refractivity contribution in [2.75, 3.05) is 10.6 Å². The summed E-state index contributed by atoms with van der Waals surface area (Å²) in [6.07, 6.45) is 8.86. The molecule has 2 heterocycles. The van der Waals surface area contributed by atoms with E-state index in [1.54, 1.807) is 0 Å².